The standard InChI is InChI=1S/C4H9N3/c1-4(7-6)2-3-5/h2-3H,5-6H2,1H3/b3-2-,7-4+. The molecule has 0 spiro atoms. The predicted octanol–water partition coefficient (Wildman–Crippen LogP) is -0.207. The number of allylic oxidation sites excluding steroid dienone is 1. The van der Waals surface area contributed by atoms with E-state index in [9.17, 15) is 0 Å². The maximum Gasteiger partial charge on any atom is 0.0583 e. The second-order valence-corrected chi connectivity index (χ2v) is 1.13. The van der Waals surface area contributed by atoms with Gasteiger partial charge in [0.15, 0.2) is 0 Å². The highest BCUT2D eigenvalue weighted by atomic mass is 15.1. The molecule has 3 nitrogen and oxygen atoms in total. The van der Waals surface area contributed by atoms with E-state index in [1.807, 2.05) is 0 Å². The molecule has 0 fully saturated rings. The number of rotatable bonds is 1. The number of nitrogens with zero attached hydrogens (tertiary/aromatic N) is 1. The first-order chi connectivity index (χ1) is 3.31. The summed E-state index contributed by atoms with van der Waals surface area (Å²) in [6, 6.07) is 0. The topological polar surface area (TPSA) is 64.4 Å². The summed E-state index contributed by atoms with van der Waals surface area (Å²) >= 11 is 0. The van der Waals surface area contributed by atoms with Crippen molar-refractivity contribution in [3.05, 3.63) is 12.3 Å². The van der Waals surface area contributed by atoms with Crippen molar-refractivity contribution in [3.8, 4) is 0 Å². The van der Waals surface area contributed by atoms with Crippen LogP contribution in [-0.2, 0) is 0 Å². The van der Waals surface area contributed by atoms with Crippen molar-refractivity contribution in [2.24, 2.45) is 16.7 Å². The van der Waals surface area contributed by atoms with Gasteiger partial charge in [-0.25, -0.2) is 0 Å². The van der Waals surface area contributed by atoms with Crippen LogP contribution in [0.3, 0.4) is 0 Å². The minimum absolute atomic E-state index is 0.725. The third-order valence-electron chi connectivity index (χ3n) is 0.541. The van der Waals surface area contributed by atoms with Crippen molar-refractivity contribution in [1.82, 2.24) is 0 Å². The SMILES string of the molecule is CC(/C=C\N)=N\N. The van der Waals surface area contributed by atoms with Gasteiger partial charge in [-0.05, 0) is 19.2 Å². The smallest absolute Gasteiger partial charge is 0.0583 e. The average Bonchev–Trinajstić information content (AvgIpc) is 1.68. The van der Waals surface area contributed by atoms with Crippen LogP contribution in [0, 0.1) is 0 Å². The molecule has 0 amide bonds. The van der Waals surface area contributed by atoms with E-state index in [1.165, 1.54) is 6.20 Å². The van der Waals surface area contributed by atoms with Gasteiger partial charge in [0.2, 0.25) is 0 Å². The number of hydrazone groups is 1. The summed E-state index contributed by atoms with van der Waals surface area (Å²) in [6.45, 7) is 1.77. The van der Waals surface area contributed by atoms with Crippen LogP contribution < -0.4 is 11.6 Å². The van der Waals surface area contributed by atoms with E-state index in [0.717, 1.165) is 5.71 Å². The van der Waals surface area contributed by atoms with Gasteiger partial charge in [-0.15, -0.1) is 0 Å². The Morgan fingerprint density at radius 1 is 1.71 bits per heavy atom. The maximum atomic E-state index is 4.99. The van der Waals surface area contributed by atoms with Crippen LogP contribution in [0.4, 0.5) is 0 Å². The second-order valence-electron chi connectivity index (χ2n) is 1.13. The Balaban J connectivity index is 3.58. The van der Waals surface area contributed by atoms with Crippen LogP contribution in [0.25, 0.3) is 0 Å². The predicted molar refractivity (Wildman–Crippen MR) is 30.6 cm³/mol. The Hall–Kier alpha value is -0.990. The van der Waals surface area contributed by atoms with Gasteiger partial charge in [0.1, 0.15) is 0 Å². The Morgan fingerprint density at radius 2 is 2.29 bits per heavy atom. The fraction of sp³-hybridized carbons (Fsp3) is 0.250. The van der Waals surface area contributed by atoms with E-state index < -0.39 is 0 Å². The molecule has 0 aromatic rings. The summed E-state index contributed by atoms with van der Waals surface area (Å²) < 4.78 is 0. The highest BCUT2D eigenvalue weighted by Crippen LogP contribution is 1.70. The molecule has 0 aliphatic heterocycles. The molecule has 0 atom stereocenters. The van der Waals surface area contributed by atoms with E-state index in [4.69, 9.17) is 11.6 Å². The minimum Gasteiger partial charge on any atom is -0.405 e. The van der Waals surface area contributed by atoms with Crippen molar-refractivity contribution >= 4 is 5.71 Å². The Kier molecular flexibility index (Phi) is 2.76. The minimum atomic E-state index is 0.725. The quantitative estimate of drug-likeness (QED) is 0.271. The van der Waals surface area contributed by atoms with Crippen LogP contribution in [0.5, 0.6) is 0 Å². The molecule has 0 saturated carbocycles. The molecule has 0 rings (SSSR count). The van der Waals surface area contributed by atoms with Crippen LogP contribution >= 0.6 is 0 Å². The first-order valence-corrected chi connectivity index (χ1v) is 1.94. The molecule has 0 aliphatic carbocycles. The summed E-state index contributed by atoms with van der Waals surface area (Å²) in [5.41, 5.74) is 5.71. The maximum absolute atomic E-state index is 4.99. The highest BCUT2D eigenvalue weighted by Gasteiger charge is 1.73. The molecule has 0 bridgehead atoms. The van der Waals surface area contributed by atoms with Crippen LogP contribution in [0.1, 0.15) is 6.92 Å². The Labute approximate surface area is 42.7 Å². The number of nitrogens with two attached hydrogens (primary N) is 2. The molecule has 40 valence electrons. The van der Waals surface area contributed by atoms with Gasteiger partial charge in [0.05, 0.1) is 5.71 Å². The van der Waals surface area contributed by atoms with Crippen LogP contribution in [0.2, 0.25) is 0 Å². The summed E-state index contributed by atoms with van der Waals surface area (Å²) in [6.07, 6.45) is 3.02. The van der Waals surface area contributed by atoms with Gasteiger partial charge in [0, 0.05) is 0 Å². The third kappa shape index (κ3) is 2.82. The normalized spacial score (nSPS) is 13.0. The van der Waals surface area contributed by atoms with Gasteiger partial charge >= 0.3 is 0 Å². The average molecular weight is 99.1 g/mol. The van der Waals surface area contributed by atoms with Gasteiger partial charge in [-0.3, -0.25) is 0 Å². The summed E-state index contributed by atoms with van der Waals surface area (Å²) in [7, 11) is 0. The number of hydrogen-bond donors (Lipinski definition) is 2. The molecule has 0 heterocycles. The largest absolute Gasteiger partial charge is 0.405 e. The van der Waals surface area contributed by atoms with Crippen molar-refractivity contribution in [1.29, 1.82) is 0 Å². The molecular weight excluding hydrogens is 90.1 g/mol. The van der Waals surface area contributed by atoms with Crippen molar-refractivity contribution in [2.45, 2.75) is 6.92 Å². The van der Waals surface area contributed by atoms with Crippen molar-refractivity contribution in [2.75, 3.05) is 0 Å². The molecule has 7 heavy (non-hydrogen) atoms. The fourth-order valence-electron chi connectivity index (χ4n) is 0.182. The summed E-state index contributed by atoms with van der Waals surface area (Å²) in [4.78, 5) is 0. The van der Waals surface area contributed by atoms with Crippen LogP contribution in [-0.4, -0.2) is 5.71 Å². The zero-order valence-electron chi connectivity index (χ0n) is 4.26. The lowest BCUT2D eigenvalue weighted by Gasteiger charge is -1.80. The molecule has 0 radical (unpaired) electrons. The van der Waals surface area contributed by atoms with E-state index in [2.05, 4.69) is 5.10 Å². The first-order valence-electron chi connectivity index (χ1n) is 1.94. The zero-order valence-corrected chi connectivity index (χ0v) is 4.26. The Bertz CT molecular complexity index is 93.1. The van der Waals surface area contributed by atoms with E-state index >= 15 is 0 Å². The molecule has 4 N–H and O–H groups in total. The summed E-state index contributed by atoms with van der Waals surface area (Å²) in [5.74, 6) is 4.84. The van der Waals surface area contributed by atoms with Gasteiger partial charge in [-0.2, -0.15) is 5.10 Å². The van der Waals surface area contributed by atoms with Gasteiger partial charge in [-0.1, -0.05) is 0 Å². The molecule has 0 aliphatic rings. The second kappa shape index (κ2) is 3.21. The highest BCUT2D eigenvalue weighted by molar-refractivity contribution is 5.92. The third-order valence-corrected chi connectivity index (χ3v) is 0.541. The lowest BCUT2D eigenvalue weighted by Crippen LogP contribution is -1.92. The van der Waals surface area contributed by atoms with E-state index in [1.54, 1.807) is 13.0 Å². The molecular formula is C4H9N3. The molecule has 0 aromatic heterocycles. The van der Waals surface area contributed by atoms with Crippen LogP contribution in [0.15, 0.2) is 17.4 Å². The molecule has 0 aromatic carbocycles. The Morgan fingerprint density at radius 3 is 2.43 bits per heavy atom. The molecule has 0 unspecified atom stereocenters. The zero-order chi connectivity index (χ0) is 5.70. The monoisotopic (exact) mass is 99.1 g/mol. The van der Waals surface area contributed by atoms with Crippen molar-refractivity contribution < 1.29 is 0 Å². The van der Waals surface area contributed by atoms with Gasteiger partial charge in [0.25, 0.3) is 0 Å². The van der Waals surface area contributed by atoms with Gasteiger partial charge < -0.3 is 11.6 Å². The van der Waals surface area contributed by atoms with E-state index in [-0.39, 0.29) is 0 Å². The molecule has 3 heteroatoms. The lowest BCUT2D eigenvalue weighted by atomic mass is 10.4. The van der Waals surface area contributed by atoms with Crippen molar-refractivity contribution in [3.63, 3.8) is 0 Å². The molecule has 0 saturated heterocycles. The number of hydrogen-bond acceptors (Lipinski definition) is 3. The lowest BCUT2D eigenvalue weighted by molar-refractivity contribution is 1.24. The van der Waals surface area contributed by atoms with E-state index in [0.29, 0.717) is 0 Å². The first kappa shape index (κ1) is 6.01. The summed E-state index contributed by atoms with van der Waals surface area (Å²) in [5, 5.41) is 3.33. The fourth-order valence-corrected chi connectivity index (χ4v) is 0.182.